The van der Waals surface area contributed by atoms with Gasteiger partial charge in [-0.2, -0.15) is 0 Å². The minimum atomic E-state index is 0.496. The monoisotopic (exact) mass is 306 g/mol. The van der Waals surface area contributed by atoms with Gasteiger partial charge in [0.15, 0.2) is 0 Å². The molecule has 0 aliphatic rings. The minimum absolute atomic E-state index is 0.496. The van der Waals surface area contributed by atoms with Crippen LogP contribution in [0.5, 0.6) is 0 Å². The van der Waals surface area contributed by atoms with Gasteiger partial charge in [-0.1, -0.05) is 29.9 Å². The fourth-order valence-electron chi connectivity index (χ4n) is 1.79. The lowest BCUT2D eigenvalue weighted by Gasteiger charge is -2.23. The van der Waals surface area contributed by atoms with E-state index >= 15 is 0 Å². The fraction of sp³-hybridized carbons (Fsp3) is 0.214. The van der Waals surface area contributed by atoms with Crippen molar-refractivity contribution in [2.24, 2.45) is 5.73 Å². The Morgan fingerprint density at radius 1 is 1.30 bits per heavy atom. The number of anilines is 1. The van der Waals surface area contributed by atoms with Crippen LogP contribution in [-0.4, -0.2) is 21.5 Å². The lowest BCUT2D eigenvalue weighted by molar-refractivity contribution is 0.788. The summed E-state index contributed by atoms with van der Waals surface area (Å²) in [4.78, 5) is 11.1. The Kier molecular flexibility index (Phi) is 5.26. The molecule has 0 bridgehead atoms. The topological polar surface area (TPSA) is 55.0 Å². The van der Waals surface area contributed by atoms with Gasteiger partial charge in [-0.25, -0.2) is 4.98 Å². The van der Waals surface area contributed by atoms with Crippen molar-refractivity contribution in [2.45, 2.75) is 13.0 Å². The highest BCUT2D eigenvalue weighted by Crippen LogP contribution is 2.17. The fourth-order valence-corrected chi connectivity index (χ4v) is 1.99. The summed E-state index contributed by atoms with van der Waals surface area (Å²) in [6.45, 7) is 1.41. The number of thiocarbonyl (C=S) groups is 1. The molecular weight excluding hydrogens is 292 g/mol. The maximum atomic E-state index is 5.87. The number of hydrogen-bond acceptors (Lipinski definition) is 4. The van der Waals surface area contributed by atoms with E-state index in [2.05, 4.69) is 14.9 Å². The van der Waals surface area contributed by atoms with Crippen molar-refractivity contribution in [3.63, 3.8) is 0 Å². The van der Waals surface area contributed by atoms with E-state index in [9.17, 15) is 0 Å². The van der Waals surface area contributed by atoms with E-state index in [1.807, 2.05) is 30.5 Å². The molecule has 4 nitrogen and oxygen atoms in total. The molecule has 0 fully saturated rings. The molecular formula is C14H15ClN4S. The van der Waals surface area contributed by atoms with Gasteiger partial charge in [-0.05, 0) is 23.8 Å². The number of hydrogen-bond donors (Lipinski definition) is 1. The zero-order valence-corrected chi connectivity index (χ0v) is 12.4. The molecule has 2 N–H and O–H groups in total. The van der Waals surface area contributed by atoms with E-state index in [0.29, 0.717) is 29.5 Å². The Morgan fingerprint density at radius 2 is 2.15 bits per heavy atom. The van der Waals surface area contributed by atoms with Gasteiger partial charge in [0.25, 0.3) is 0 Å². The smallest absolute Gasteiger partial charge is 0.128 e. The number of nitrogens with two attached hydrogens (primary N) is 1. The lowest BCUT2D eigenvalue weighted by Crippen LogP contribution is -2.27. The normalized spacial score (nSPS) is 10.2. The van der Waals surface area contributed by atoms with Crippen molar-refractivity contribution in [1.29, 1.82) is 0 Å². The molecule has 0 aliphatic carbocycles. The molecule has 0 atom stereocenters. The summed E-state index contributed by atoms with van der Waals surface area (Å²) in [6, 6.07) is 7.65. The second-order valence-electron chi connectivity index (χ2n) is 4.33. The minimum Gasteiger partial charge on any atom is -0.393 e. The first-order valence-electron chi connectivity index (χ1n) is 6.19. The zero-order valence-electron chi connectivity index (χ0n) is 10.9. The first kappa shape index (κ1) is 14.7. The molecule has 2 aromatic rings. The molecule has 6 heteroatoms. The quantitative estimate of drug-likeness (QED) is 0.832. The van der Waals surface area contributed by atoms with Crippen molar-refractivity contribution in [2.75, 3.05) is 11.4 Å². The summed E-state index contributed by atoms with van der Waals surface area (Å²) >= 11 is 10.8. The number of nitrogens with zero attached hydrogens (tertiary/aromatic N) is 3. The number of pyridine rings is 2. The molecule has 0 saturated carbocycles. The first-order valence-corrected chi connectivity index (χ1v) is 6.97. The van der Waals surface area contributed by atoms with Crippen molar-refractivity contribution >= 4 is 34.6 Å². The second kappa shape index (κ2) is 7.17. The number of aromatic nitrogens is 2. The van der Waals surface area contributed by atoms with Gasteiger partial charge in [0.05, 0.1) is 10.0 Å². The van der Waals surface area contributed by atoms with Crippen LogP contribution >= 0.6 is 23.8 Å². The average molecular weight is 307 g/mol. The predicted octanol–water partition coefficient (Wildman–Crippen LogP) is 2.81. The Bertz CT molecular complexity index is 559. The Labute approximate surface area is 128 Å². The highest BCUT2D eigenvalue weighted by Gasteiger charge is 2.09. The summed E-state index contributed by atoms with van der Waals surface area (Å²) < 4.78 is 0. The van der Waals surface area contributed by atoms with Crippen LogP contribution in [0.4, 0.5) is 5.82 Å². The number of halogens is 1. The zero-order chi connectivity index (χ0) is 14.4. The third-order valence-corrected chi connectivity index (χ3v) is 3.19. The third-order valence-electron chi connectivity index (χ3n) is 2.76. The summed E-state index contributed by atoms with van der Waals surface area (Å²) in [7, 11) is 0. The molecule has 2 rings (SSSR count). The maximum absolute atomic E-state index is 5.87. The van der Waals surface area contributed by atoms with E-state index in [4.69, 9.17) is 29.6 Å². The van der Waals surface area contributed by atoms with E-state index in [1.165, 1.54) is 0 Å². The van der Waals surface area contributed by atoms with Crippen molar-refractivity contribution in [1.82, 2.24) is 9.97 Å². The van der Waals surface area contributed by atoms with Crippen LogP contribution in [-0.2, 0) is 6.54 Å². The van der Waals surface area contributed by atoms with Crippen LogP contribution < -0.4 is 10.6 Å². The SMILES string of the molecule is NC(=S)CCN(Cc1cccnc1)c1ccc(Cl)cn1. The van der Waals surface area contributed by atoms with Gasteiger partial charge in [0.1, 0.15) is 5.82 Å². The molecule has 0 radical (unpaired) electrons. The molecule has 104 valence electrons. The van der Waals surface area contributed by atoms with Crippen LogP contribution in [0.2, 0.25) is 5.02 Å². The molecule has 2 aromatic heterocycles. The number of rotatable bonds is 6. The van der Waals surface area contributed by atoms with Gasteiger partial charge < -0.3 is 10.6 Å². The summed E-state index contributed by atoms with van der Waals surface area (Å²) in [5.74, 6) is 0.842. The molecule has 0 unspecified atom stereocenters. The van der Waals surface area contributed by atoms with Gasteiger partial charge in [-0.15, -0.1) is 0 Å². The summed E-state index contributed by atoms with van der Waals surface area (Å²) in [5, 5.41) is 0.615. The molecule has 2 heterocycles. The molecule has 0 amide bonds. The lowest BCUT2D eigenvalue weighted by atomic mass is 10.2. The third kappa shape index (κ3) is 4.43. The Morgan fingerprint density at radius 3 is 2.75 bits per heavy atom. The average Bonchev–Trinajstić information content (AvgIpc) is 2.45. The Hall–Kier alpha value is -1.72. The standard InChI is InChI=1S/C14H15ClN4S/c15-12-3-4-14(18-9-12)19(7-5-13(16)20)10-11-2-1-6-17-8-11/h1-4,6,8-9H,5,7,10H2,(H2,16,20). The Balaban J connectivity index is 2.15. The van der Waals surface area contributed by atoms with E-state index in [1.54, 1.807) is 12.4 Å². The van der Waals surface area contributed by atoms with Gasteiger partial charge in [0.2, 0.25) is 0 Å². The molecule has 0 aromatic carbocycles. The van der Waals surface area contributed by atoms with Crippen LogP contribution in [0.25, 0.3) is 0 Å². The van der Waals surface area contributed by atoms with Gasteiger partial charge in [-0.3, -0.25) is 4.98 Å². The summed E-state index contributed by atoms with van der Waals surface area (Å²) in [5.41, 5.74) is 6.69. The van der Waals surface area contributed by atoms with Crippen molar-refractivity contribution in [3.05, 3.63) is 53.4 Å². The highest BCUT2D eigenvalue weighted by molar-refractivity contribution is 7.80. The van der Waals surface area contributed by atoms with E-state index < -0.39 is 0 Å². The van der Waals surface area contributed by atoms with Crippen LogP contribution in [0, 0.1) is 0 Å². The van der Waals surface area contributed by atoms with Crippen LogP contribution in [0.3, 0.4) is 0 Å². The highest BCUT2D eigenvalue weighted by atomic mass is 35.5. The summed E-state index contributed by atoms with van der Waals surface area (Å²) in [6.07, 6.45) is 5.86. The van der Waals surface area contributed by atoms with Gasteiger partial charge in [0, 0.05) is 38.1 Å². The molecule has 20 heavy (non-hydrogen) atoms. The van der Waals surface area contributed by atoms with E-state index in [-0.39, 0.29) is 0 Å². The molecule has 0 saturated heterocycles. The second-order valence-corrected chi connectivity index (χ2v) is 5.29. The van der Waals surface area contributed by atoms with Crippen LogP contribution in [0.1, 0.15) is 12.0 Å². The van der Waals surface area contributed by atoms with Crippen LogP contribution in [0.15, 0.2) is 42.9 Å². The van der Waals surface area contributed by atoms with E-state index in [0.717, 1.165) is 11.4 Å². The molecule has 0 aliphatic heterocycles. The first-order chi connectivity index (χ1) is 9.65. The van der Waals surface area contributed by atoms with Crippen molar-refractivity contribution < 1.29 is 0 Å². The predicted molar refractivity (Wildman–Crippen MR) is 85.9 cm³/mol. The largest absolute Gasteiger partial charge is 0.393 e. The van der Waals surface area contributed by atoms with Crippen molar-refractivity contribution in [3.8, 4) is 0 Å². The maximum Gasteiger partial charge on any atom is 0.128 e. The molecule has 0 spiro atoms. The van der Waals surface area contributed by atoms with Gasteiger partial charge >= 0.3 is 0 Å².